The van der Waals surface area contributed by atoms with E-state index >= 15 is 0 Å². The molecule has 1 heterocycles. The van der Waals surface area contributed by atoms with Crippen LogP contribution in [0.15, 0.2) is 18.2 Å². The van der Waals surface area contributed by atoms with Crippen molar-refractivity contribution >= 4 is 5.91 Å². The SMILES string of the molecule is CC1(C)CN(CCNC(=O)c2cc(O)ccc2C(F)(F)F)CCO1. The number of benzene rings is 1. The van der Waals surface area contributed by atoms with Crippen LogP contribution in [0.2, 0.25) is 0 Å². The molecule has 2 rings (SSSR count). The van der Waals surface area contributed by atoms with Crippen molar-refractivity contribution in [1.29, 1.82) is 0 Å². The molecule has 5 nitrogen and oxygen atoms in total. The van der Waals surface area contributed by atoms with Crippen molar-refractivity contribution < 1.29 is 27.8 Å². The monoisotopic (exact) mass is 346 g/mol. The number of carbonyl (C=O) groups excluding carboxylic acids is 1. The number of alkyl halides is 3. The van der Waals surface area contributed by atoms with Crippen molar-refractivity contribution in [2.45, 2.75) is 25.6 Å². The second kappa shape index (κ2) is 6.98. The molecule has 0 saturated carbocycles. The van der Waals surface area contributed by atoms with Gasteiger partial charge in [-0.15, -0.1) is 0 Å². The van der Waals surface area contributed by atoms with E-state index in [2.05, 4.69) is 10.2 Å². The summed E-state index contributed by atoms with van der Waals surface area (Å²) in [5, 5.41) is 11.9. The number of hydrogen-bond acceptors (Lipinski definition) is 4. The Morgan fingerprint density at radius 1 is 1.42 bits per heavy atom. The number of rotatable bonds is 4. The molecule has 1 aliphatic rings. The Bertz CT molecular complexity index is 603. The van der Waals surface area contributed by atoms with Gasteiger partial charge in [0.25, 0.3) is 5.91 Å². The molecule has 1 aromatic carbocycles. The standard InChI is InChI=1S/C16H21F3N2O3/c1-15(2)10-21(7-8-24-15)6-5-20-14(23)12-9-11(22)3-4-13(12)16(17,18)19/h3-4,9,22H,5-8,10H2,1-2H3,(H,20,23). The Kier molecular flexibility index (Phi) is 5.39. The van der Waals surface area contributed by atoms with E-state index in [1.165, 1.54) is 0 Å². The third-order valence-electron chi connectivity index (χ3n) is 3.77. The van der Waals surface area contributed by atoms with Crippen molar-refractivity contribution in [3.63, 3.8) is 0 Å². The fourth-order valence-electron chi connectivity index (χ4n) is 2.70. The first-order valence-electron chi connectivity index (χ1n) is 7.63. The Labute approximate surface area is 138 Å². The lowest BCUT2D eigenvalue weighted by Gasteiger charge is -2.38. The minimum atomic E-state index is -4.66. The maximum Gasteiger partial charge on any atom is 0.417 e. The smallest absolute Gasteiger partial charge is 0.417 e. The summed E-state index contributed by atoms with van der Waals surface area (Å²) in [7, 11) is 0. The molecule has 0 spiro atoms. The number of nitrogens with one attached hydrogen (secondary N) is 1. The summed E-state index contributed by atoms with van der Waals surface area (Å²) in [4.78, 5) is 14.1. The van der Waals surface area contributed by atoms with Crippen LogP contribution in [0.4, 0.5) is 13.2 Å². The molecular weight excluding hydrogens is 325 g/mol. The fraction of sp³-hybridized carbons (Fsp3) is 0.562. The number of phenols is 1. The van der Waals surface area contributed by atoms with Gasteiger partial charge in [-0.05, 0) is 32.0 Å². The van der Waals surface area contributed by atoms with E-state index in [0.717, 1.165) is 12.1 Å². The van der Waals surface area contributed by atoms with Crippen LogP contribution in [0.25, 0.3) is 0 Å². The van der Waals surface area contributed by atoms with Crippen molar-refractivity contribution in [3.8, 4) is 5.75 Å². The maximum absolute atomic E-state index is 13.0. The first-order valence-corrected chi connectivity index (χ1v) is 7.63. The van der Waals surface area contributed by atoms with Gasteiger partial charge in [0.1, 0.15) is 5.75 Å². The average molecular weight is 346 g/mol. The van der Waals surface area contributed by atoms with Gasteiger partial charge in [0.05, 0.1) is 23.3 Å². The highest BCUT2D eigenvalue weighted by Crippen LogP contribution is 2.33. The number of hydrogen-bond donors (Lipinski definition) is 2. The van der Waals surface area contributed by atoms with Crippen molar-refractivity contribution in [3.05, 3.63) is 29.3 Å². The minimum Gasteiger partial charge on any atom is -0.508 e. The molecule has 24 heavy (non-hydrogen) atoms. The van der Waals surface area contributed by atoms with Gasteiger partial charge in [-0.3, -0.25) is 9.69 Å². The quantitative estimate of drug-likeness (QED) is 0.878. The van der Waals surface area contributed by atoms with E-state index in [1.54, 1.807) is 0 Å². The van der Waals surface area contributed by atoms with Gasteiger partial charge in [-0.25, -0.2) is 0 Å². The highest BCUT2D eigenvalue weighted by atomic mass is 19.4. The number of morpholine rings is 1. The van der Waals surface area contributed by atoms with Gasteiger partial charge in [0, 0.05) is 26.2 Å². The molecule has 0 atom stereocenters. The molecule has 8 heteroatoms. The van der Waals surface area contributed by atoms with E-state index in [4.69, 9.17) is 4.74 Å². The van der Waals surface area contributed by atoms with Gasteiger partial charge >= 0.3 is 6.18 Å². The van der Waals surface area contributed by atoms with Crippen LogP contribution in [0, 0.1) is 0 Å². The van der Waals surface area contributed by atoms with Crippen LogP contribution in [0.1, 0.15) is 29.8 Å². The van der Waals surface area contributed by atoms with Crippen LogP contribution in [0.3, 0.4) is 0 Å². The second-order valence-electron chi connectivity index (χ2n) is 6.37. The van der Waals surface area contributed by atoms with Crippen molar-refractivity contribution in [2.75, 3.05) is 32.8 Å². The molecule has 0 unspecified atom stereocenters. The summed E-state index contributed by atoms with van der Waals surface area (Å²) >= 11 is 0. The number of amides is 1. The fourth-order valence-corrected chi connectivity index (χ4v) is 2.70. The van der Waals surface area contributed by atoms with E-state index in [0.29, 0.717) is 32.3 Å². The summed E-state index contributed by atoms with van der Waals surface area (Å²) in [5.74, 6) is -1.24. The molecule has 0 radical (unpaired) electrons. The highest BCUT2D eigenvalue weighted by Gasteiger charge is 2.35. The highest BCUT2D eigenvalue weighted by molar-refractivity contribution is 5.96. The third-order valence-corrected chi connectivity index (χ3v) is 3.77. The maximum atomic E-state index is 13.0. The first kappa shape index (κ1) is 18.5. The molecule has 1 aliphatic heterocycles. The number of ether oxygens (including phenoxy) is 1. The average Bonchev–Trinajstić information content (AvgIpc) is 2.44. The lowest BCUT2D eigenvalue weighted by atomic mass is 10.1. The lowest BCUT2D eigenvalue weighted by Crippen LogP contribution is -2.50. The number of nitrogens with zero attached hydrogens (tertiary/aromatic N) is 1. The zero-order valence-electron chi connectivity index (χ0n) is 13.6. The first-order chi connectivity index (χ1) is 11.1. The predicted molar refractivity (Wildman–Crippen MR) is 81.9 cm³/mol. The zero-order chi connectivity index (χ0) is 18.0. The minimum absolute atomic E-state index is 0.210. The molecule has 0 bridgehead atoms. The van der Waals surface area contributed by atoms with E-state index in [9.17, 15) is 23.1 Å². The molecule has 1 aromatic rings. The summed E-state index contributed by atoms with van der Waals surface area (Å²) in [6, 6.07) is 2.44. The Morgan fingerprint density at radius 2 is 2.12 bits per heavy atom. The van der Waals surface area contributed by atoms with Gasteiger partial charge in [0.15, 0.2) is 0 Å². The van der Waals surface area contributed by atoms with Gasteiger partial charge in [-0.2, -0.15) is 13.2 Å². The Balaban J connectivity index is 1.97. The predicted octanol–water partition coefficient (Wildman–Crippen LogP) is 2.25. The third kappa shape index (κ3) is 4.85. The summed E-state index contributed by atoms with van der Waals surface area (Å²) < 4.78 is 44.4. The number of aromatic hydroxyl groups is 1. The van der Waals surface area contributed by atoms with E-state index in [-0.39, 0.29) is 17.9 Å². The number of halogens is 3. The van der Waals surface area contributed by atoms with Gasteiger partial charge in [0.2, 0.25) is 0 Å². The second-order valence-corrected chi connectivity index (χ2v) is 6.37. The molecule has 0 aliphatic carbocycles. The van der Waals surface area contributed by atoms with Crippen LogP contribution in [-0.4, -0.2) is 54.3 Å². The zero-order valence-corrected chi connectivity index (χ0v) is 13.6. The summed E-state index contributed by atoms with van der Waals surface area (Å²) in [5.41, 5.74) is -1.92. The normalized spacial score (nSPS) is 18.4. The van der Waals surface area contributed by atoms with E-state index in [1.807, 2.05) is 13.8 Å². The molecule has 0 aromatic heterocycles. The van der Waals surface area contributed by atoms with Crippen LogP contribution in [-0.2, 0) is 10.9 Å². The molecule has 2 N–H and O–H groups in total. The van der Waals surface area contributed by atoms with Crippen molar-refractivity contribution in [2.24, 2.45) is 0 Å². The van der Waals surface area contributed by atoms with E-state index < -0.39 is 23.2 Å². The van der Waals surface area contributed by atoms with Crippen LogP contribution in [0.5, 0.6) is 5.75 Å². The Hall–Kier alpha value is -1.80. The molecule has 1 fully saturated rings. The Morgan fingerprint density at radius 3 is 2.75 bits per heavy atom. The van der Waals surface area contributed by atoms with Gasteiger partial charge < -0.3 is 15.2 Å². The molecule has 1 amide bonds. The number of phenolic OH excluding ortho intramolecular Hbond substituents is 1. The van der Waals surface area contributed by atoms with Crippen LogP contribution < -0.4 is 5.32 Å². The lowest BCUT2D eigenvalue weighted by molar-refractivity contribution is -0.137. The summed E-state index contributed by atoms with van der Waals surface area (Å²) in [6.07, 6.45) is -4.66. The number of carbonyl (C=O) groups is 1. The van der Waals surface area contributed by atoms with Gasteiger partial charge in [-0.1, -0.05) is 0 Å². The van der Waals surface area contributed by atoms with Crippen molar-refractivity contribution in [1.82, 2.24) is 10.2 Å². The molecule has 134 valence electrons. The largest absolute Gasteiger partial charge is 0.508 e. The summed E-state index contributed by atoms with van der Waals surface area (Å²) in [6.45, 7) is 6.61. The topological polar surface area (TPSA) is 61.8 Å². The molecule has 1 saturated heterocycles. The molecular formula is C16H21F3N2O3. The van der Waals surface area contributed by atoms with Crippen LogP contribution >= 0.6 is 0 Å².